The van der Waals surface area contributed by atoms with Crippen molar-refractivity contribution in [3.63, 3.8) is 0 Å². The molecule has 0 aliphatic heterocycles. The van der Waals surface area contributed by atoms with Crippen molar-refractivity contribution in [3.05, 3.63) is 58.1 Å². The van der Waals surface area contributed by atoms with E-state index in [4.69, 9.17) is 0 Å². The number of aromatic nitrogens is 5. The molecule has 28 heavy (non-hydrogen) atoms. The smallest absolute Gasteiger partial charge is 0.291 e. The molecule has 1 amide bonds. The molecule has 2 aromatic heterocycles. The van der Waals surface area contributed by atoms with Crippen molar-refractivity contribution in [3.8, 4) is 0 Å². The minimum absolute atomic E-state index is 0.0627. The quantitative estimate of drug-likeness (QED) is 0.632. The normalized spacial score (nSPS) is 12.8. The number of carbonyl (C=O) groups excluding carboxylic acids is 1. The predicted molar refractivity (Wildman–Crippen MR) is 98.6 cm³/mol. The van der Waals surface area contributed by atoms with Crippen molar-refractivity contribution in [2.45, 2.75) is 32.6 Å². The SMILES string of the molecule is Cc1c(Br)c(C(F)(F)F)nn1C(C)C(=O)Nc1ncn(Cc2ccccc2)n1. The van der Waals surface area contributed by atoms with Gasteiger partial charge in [0, 0.05) is 0 Å². The fraction of sp³-hybridized carbons (Fsp3) is 0.294. The Labute approximate surface area is 166 Å². The molecule has 0 aliphatic carbocycles. The van der Waals surface area contributed by atoms with E-state index in [1.165, 1.54) is 20.2 Å². The minimum atomic E-state index is -4.62. The number of nitrogens with one attached hydrogen (secondary N) is 1. The zero-order chi connectivity index (χ0) is 20.5. The Balaban J connectivity index is 1.72. The number of alkyl halides is 3. The summed E-state index contributed by atoms with van der Waals surface area (Å²) < 4.78 is 41.4. The van der Waals surface area contributed by atoms with Crippen LogP contribution in [0.3, 0.4) is 0 Å². The van der Waals surface area contributed by atoms with Gasteiger partial charge in [0.2, 0.25) is 5.95 Å². The van der Waals surface area contributed by atoms with Gasteiger partial charge in [-0.3, -0.25) is 14.8 Å². The minimum Gasteiger partial charge on any atom is -0.291 e. The predicted octanol–water partition coefficient (Wildman–Crippen LogP) is 3.81. The summed E-state index contributed by atoms with van der Waals surface area (Å²) in [6, 6.07) is 8.57. The highest BCUT2D eigenvalue weighted by Crippen LogP contribution is 2.36. The molecule has 11 heteroatoms. The molecule has 1 atom stereocenters. The Bertz CT molecular complexity index is 983. The molecule has 148 valence electrons. The molecule has 1 N–H and O–H groups in total. The second-order valence-electron chi connectivity index (χ2n) is 6.11. The monoisotopic (exact) mass is 456 g/mol. The van der Waals surface area contributed by atoms with Crippen molar-refractivity contribution >= 4 is 27.8 Å². The Morgan fingerprint density at radius 2 is 1.93 bits per heavy atom. The van der Waals surface area contributed by atoms with Gasteiger partial charge in [0.05, 0.1) is 16.7 Å². The van der Waals surface area contributed by atoms with Crippen molar-refractivity contribution in [2.24, 2.45) is 0 Å². The van der Waals surface area contributed by atoms with Crippen LogP contribution in [0.2, 0.25) is 0 Å². The first kappa shape index (κ1) is 20.1. The fourth-order valence-electron chi connectivity index (χ4n) is 2.58. The van der Waals surface area contributed by atoms with Gasteiger partial charge in [-0.15, -0.1) is 5.10 Å². The zero-order valence-corrected chi connectivity index (χ0v) is 16.5. The fourth-order valence-corrected chi connectivity index (χ4v) is 3.07. The number of amides is 1. The largest absolute Gasteiger partial charge is 0.436 e. The molecule has 1 unspecified atom stereocenters. The Kier molecular flexibility index (Phi) is 5.54. The number of benzene rings is 1. The lowest BCUT2D eigenvalue weighted by atomic mass is 10.2. The summed E-state index contributed by atoms with van der Waals surface area (Å²) in [5, 5.41) is 10.2. The molecule has 7 nitrogen and oxygen atoms in total. The summed E-state index contributed by atoms with van der Waals surface area (Å²) >= 11 is 2.89. The lowest BCUT2D eigenvalue weighted by molar-refractivity contribution is -0.142. The van der Waals surface area contributed by atoms with E-state index in [-0.39, 0.29) is 16.1 Å². The van der Waals surface area contributed by atoms with Crippen LogP contribution in [0.1, 0.15) is 29.9 Å². The van der Waals surface area contributed by atoms with E-state index in [1.54, 1.807) is 4.68 Å². The van der Waals surface area contributed by atoms with Crippen LogP contribution in [0, 0.1) is 6.92 Å². The molecule has 0 spiro atoms. The van der Waals surface area contributed by atoms with Crippen molar-refractivity contribution < 1.29 is 18.0 Å². The Morgan fingerprint density at radius 1 is 1.25 bits per heavy atom. The summed E-state index contributed by atoms with van der Waals surface area (Å²) in [5.41, 5.74) is 0.128. The van der Waals surface area contributed by atoms with Crippen LogP contribution in [0.5, 0.6) is 0 Å². The van der Waals surface area contributed by atoms with Gasteiger partial charge in [-0.05, 0) is 35.3 Å². The summed E-state index contributed by atoms with van der Waals surface area (Å²) in [7, 11) is 0. The molecule has 0 aliphatic rings. The van der Waals surface area contributed by atoms with Gasteiger partial charge in [0.1, 0.15) is 12.4 Å². The third-order valence-corrected chi connectivity index (χ3v) is 5.00. The van der Waals surface area contributed by atoms with Crippen LogP contribution in [0.15, 0.2) is 41.1 Å². The number of halogens is 4. The number of rotatable bonds is 5. The molecule has 1 aromatic carbocycles. The first-order valence-electron chi connectivity index (χ1n) is 8.23. The number of nitrogens with zero attached hydrogens (tertiary/aromatic N) is 5. The second-order valence-corrected chi connectivity index (χ2v) is 6.90. The molecule has 0 radical (unpaired) electrons. The van der Waals surface area contributed by atoms with Crippen molar-refractivity contribution in [1.29, 1.82) is 0 Å². The molecule has 0 fully saturated rings. The van der Waals surface area contributed by atoms with Crippen LogP contribution in [0.25, 0.3) is 0 Å². The van der Waals surface area contributed by atoms with E-state index in [0.29, 0.717) is 6.54 Å². The highest BCUT2D eigenvalue weighted by atomic mass is 79.9. The van der Waals surface area contributed by atoms with E-state index in [2.05, 4.69) is 36.4 Å². The Hall–Kier alpha value is -2.69. The molecule has 3 rings (SSSR count). The third kappa shape index (κ3) is 4.24. The maximum Gasteiger partial charge on any atom is 0.436 e. The van der Waals surface area contributed by atoms with Gasteiger partial charge in [0.15, 0.2) is 5.69 Å². The number of anilines is 1. The zero-order valence-electron chi connectivity index (χ0n) is 14.9. The maximum absolute atomic E-state index is 13.0. The molecule has 0 saturated carbocycles. The number of hydrogen-bond acceptors (Lipinski definition) is 4. The number of carbonyl (C=O) groups is 1. The first-order chi connectivity index (χ1) is 13.2. The summed E-state index contributed by atoms with van der Waals surface area (Å²) in [6.45, 7) is 3.37. The average molecular weight is 457 g/mol. The summed E-state index contributed by atoms with van der Waals surface area (Å²) in [4.78, 5) is 16.5. The molecule has 3 aromatic rings. The molecule has 0 saturated heterocycles. The van der Waals surface area contributed by atoms with Gasteiger partial charge < -0.3 is 0 Å². The summed E-state index contributed by atoms with van der Waals surface area (Å²) in [5.74, 6) is -0.517. The average Bonchev–Trinajstić information content (AvgIpc) is 3.19. The highest BCUT2D eigenvalue weighted by Gasteiger charge is 2.39. The lowest BCUT2D eigenvalue weighted by Crippen LogP contribution is -2.26. The van der Waals surface area contributed by atoms with Crippen molar-refractivity contribution in [1.82, 2.24) is 24.5 Å². The second kappa shape index (κ2) is 7.74. The standard InChI is InChI=1S/C17H16BrF3N6O/c1-10-13(18)14(17(19,20)21)24-27(10)11(2)15(28)23-16-22-9-26(25-16)8-12-6-4-3-5-7-12/h3-7,9,11H,8H2,1-2H3,(H,23,25,28). The first-order valence-corrected chi connectivity index (χ1v) is 9.02. The van der Waals surface area contributed by atoms with E-state index in [1.807, 2.05) is 30.3 Å². The maximum atomic E-state index is 13.0. The van der Waals surface area contributed by atoms with E-state index < -0.39 is 23.8 Å². The topological polar surface area (TPSA) is 77.6 Å². The van der Waals surface area contributed by atoms with Gasteiger partial charge in [-0.1, -0.05) is 30.3 Å². The van der Waals surface area contributed by atoms with Crippen LogP contribution in [-0.2, 0) is 17.5 Å². The van der Waals surface area contributed by atoms with Gasteiger partial charge in [-0.2, -0.15) is 18.3 Å². The van der Waals surface area contributed by atoms with Crippen LogP contribution < -0.4 is 5.32 Å². The molecule has 2 heterocycles. The van der Waals surface area contributed by atoms with Crippen molar-refractivity contribution in [2.75, 3.05) is 5.32 Å². The van der Waals surface area contributed by atoms with Crippen LogP contribution in [0.4, 0.5) is 19.1 Å². The van der Waals surface area contributed by atoms with E-state index in [9.17, 15) is 18.0 Å². The Morgan fingerprint density at radius 3 is 2.54 bits per heavy atom. The van der Waals surface area contributed by atoms with E-state index >= 15 is 0 Å². The molecular formula is C17H16BrF3N6O. The molecular weight excluding hydrogens is 441 g/mol. The summed E-state index contributed by atoms with van der Waals surface area (Å²) in [6.07, 6.45) is -3.16. The van der Waals surface area contributed by atoms with Gasteiger partial charge in [0.25, 0.3) is 5.91 Å². The highest BCUT2D eigenvalue weighted by molar-refractivity contribution is 9.10. The number of hydrogen-bond donors (Lipinski definition) is 1. The van der Waals surface area contributed by atoms with Gasteiger partial charge in [-0.25, -0.2) is 9.67 Å². The van der Waals surface area contributed by atoms with Crippen LogP contribution in [-0.4, -0.2) is 30.5 Å². The third-order valence-electron chi connectivity index (χ3n) is 4.05. The van der Waals surface area contributed by atoms with Crippen LogP contribution >= 0.6 is 15.9 Å². The lowest BCUT2D eigenvalue weighted by Gasteiger charge is -2.13. The van der Waals surface area contributed by atoms with Gasteiger partial charge >= 0.3 is 6.18 Å². The molecule has 0 bridgehead atoms. The van der Waals surface area contributed by atoms with E-state index in [0.717, 1.165) is 10.2 Å².